The fourth-order valence-electron chi connectivity index (χ4n) is 1.78. The number of aliphatic hydroxyl groups is 1. The summed E-state index contributed by atoms with van der Waals surface area (Å²) in [6.45, 7) is 1.75. The molecule has 1 heterocycles. The van der Waals surface area contributed by atoms with E-state index in [1.807, 2.05) is 0 Å². The number of carbonyl (C=O) groups is 1. The first-order chi connectivity index (χ1) is 8.99. The maximum atomic E-state index is 12.0. The number of hydrogen-bond acceptors (Lipinski definition) is 4. The molecule has 1 atom stereocenters. The monoisotopic (exact) mass is 279 g/mol. The van der Waals surface area contributed by atoms with Crippen LogP contribution in [0.5, 0.6) is 0 Å². The molecule has 0 spiro atoms. The summed E-state index contributed by atoms with van der Waals surface area (Å²) in [5.74, 6) is -0.367. The molecule has 0 radical (unpaired) electrons. The molecule has 0 bridgehead atoms. The van der Waals surface area contributed by atoms with Crippen LogP contribution in [-0.4, -0.2) is 28.6 Å². The molecular formula is C13H14ClN3O2. The number of aliphatic hydroxyl groups excluding tert-OH is 1. The Morgan fingerprint density at radius 2 is 2.26 bits per heavy atom. The van der Waals surface area contributed by atoms with Gasteiger partial charge in [0.15, 0.2) is 0 Å². The number of nitrogens with zero attached hydrogens (tertiary/aromatic N) is 1. The summed E-state index contributed by atoms with van der Waals surface area (Å²) in [4.78, 5) is 16.1. The van der Waals surface area contributed by atoms with Crippen LogP contribution in [0.25, 0.3) is 10.8 Å². The lowest BCUT2D eigenvalue weighted by Gasteiger charge is -2.10. The van der Waals surface area contributed by atoms with Gasteiger partial charge in [0.25, 0.3) is 5.91 Å². The van der Waals surface area contributed by atoms with E-state index in [1.165, 1.54) is 6.20 Å². The van der Waals surface area contributed by atoms with Crippen molar-refractivity contribution in [1.29, 1.82) is 0 Å². The zero-order valence-corrected chi connectivity index (χ0v) is 11.1. The zero-order valence-electron chi connectivity index (χ0n) is 10.4. The minimum absolute atomic E-state index is 0.160. The summed E-state index contributed by atoms with van der Waals surface area (Å²) in [5, 5.41) is 13.5. The van der Waals surface area contributed by atoms with Gasteiger partial charge in [0.1, 0.15) is 5.69 Å². The van der Waals surface area contributed by atoms with Gasteiger partial charge in [-0.2, -0.15) is 0 Å². The third-order valence-corrected chi connectivity index (χ3v) is 2.87. The van der Waals surface area contributed by atoms with E-state index in [0.29, 0.717) is 16.1 Å². The van der Waals surface area contributed by atoms with Crippen LogP contribution >= 0.6 is 11.6 Å². The first kappa shape index (κ1) is 13.6. The second-order valence-electron chi connectivity index (χ2n) is 4.31. The van der Waals surface area contributed by atoms with E-state index in [9.17, 15) is 9.90 Å². The van der Waals surface area contributed by atoms with Crippen molar-refractivity contribution in [2.24, 2.45) is 0 Å². The molecule has 100 valence electrons. The highest BCUT2D eigenvalue weighted by atomic mass is 35.5. The molecule has 0 fully saturated rings. The van der Waals surface area contributed by atoms with Gasteiger partial charge >= 0.3 is 0 Å². The van der Waals surface area contributed by atoms with Crippen molar-refractivity contribution in [3.8, 4) is 0 Å². The second-order valence-corrected chi connectivity index (χ2v) is 4.75. The van der Waals surface area contributed by atoms with Gasteiger partial charge in [0, 0.05) is 34.2 Å². The van der Waals surface area contributed by atoms with E-state index in [4.69, 9.17) is 17.3 Å². The minimum atomic E-state index is -0.618. The lowest BCUT2D eigenvalue weighted by Crippen LogP contribution is -2.31. The molecule has 2 rings (SSSR count). The van der Waals surface area contributed by atoms with Crippen molar-refractivity contribution in [2.45, 2.75) is 13.0 Å². The maximum absolute atomic E-state index is 12.0. The van der Waals surface area contributed by atoms with Gasteiger partial charge in [-0.1, -0.05) is 11.6 Å². The minimum Gasteiger partial charge on any atom is -0.398 e. The number of nitrogen functional groups attached to an aromatic ring is 1. The van der Waals surface area contributed by atoms with Crippen LogP contribution in [0, 0.1) is 0 Å². The predicted octanol–water partition coefficient (Wildman–Crippen LogP) is 1.58. The van der Waals surface area contributed by atoms with Crippen molar-refractivity contribution in [1.82, 2.24) is 10.3 Å². The number of amides is 1. The first-order valence-corrected chi connectivity index (χ1v) is 6.17. The normalized spacial score (nSPS) is 12.4. The number of pyridine rings is 1. The van der Waals surface area contributed by atoms with E-state index in [-0.39, 0.29) is 18.1 Å². The summed E-state index contributed by atoms with van der Waals surface area (Å²) in [6, 6.07) is 5.01. The largest absolute Gasteiger partial charge is 0.398 e. The molecule has 1 unspecified atom stereocenters. The molecule has 1 aromatic heterocycles. The lowest BCUT2D eigenvalue weighted by molar-refractivity contribution is 0.0921. The third-order valence-electron chi connectivity index (χ3n) is 2.65. The van der Waals surface area contributed by atoms with Gasteiger partial charge in [0.2, 0.25) is 0 Å². The fourth-order valence-corrected chi connectivity index (χ4v) is 2.01. The van der Waals surface area contributed by atoms with Crippen LogP contribution in [0.4, 0.5) is 5.69 Å². The highest BCUT2D eigenvalue weighted by molar-refractivity contribution is 6.32. The van der Waals surface area contributed by atoms with Crippen molar-refractivity contribution in [2.75, 3.05) is 12.3 Å². The van der Waals surface area contributed by atoms with E-state index in [0.717, 1.165) is 5.39 Å². The molecule has 0 aliphatic heterocycles. The van der Waals surface area contributed by atoms with Gasteiger partial charge in [-0.05, 0) is 25.1 Å². The van der Waals surface area contributed by atoms with E-state index in [1.54, 1.807) is 25.1 Å². The molecule has 4 N–H and O–H groups in total. The molecule has 19 heavy (non-hydrogen) atoms. The van der Waals surface area contributed by atoms with E-state index >= 15 is 0 Å². The maximum Gasteiger partial charge on any atom is 0.270 e. The number of benzene rings is 1. The molecule has 0 saturated carbocycles. The number of halogens is 1. The van der Waals surface area contributed by atoms with E-state index < -0.39 is 6.10 Å². The summed E-state index contributed by atoms with van der Waals surface area (Å²) >= 11 is 5.95. The van der Waals surface area contributed by atoms with Gasteiger partial charge < -0.3 is 16.2 Å². The molecule has 1 aromatic carbocycles. The Kier molecular flexibility index (Phi) is 3.87. The first-order valence-electron chi connectivity index (χ1n) is 5.79. The van der Waals surface area contributed by atoms with Crippen molar-refractivity contribution < 1.29 is 9.90 Å². The zero-order chi connectivity index (χ0) is 14.0. The summed E-state index contributed by atoms with van der Waals surface area (Å²) < 4.78 is 0. The number of anilines is 1. The number of rotatable bonds is 3. The predicted molar refractivity (Wildman–Crippen MR) is 75.2 cm³/mol. The smallest absolute Gasteiger partial charge is 0.270 e. The highest BCUT2D eigenvalue weighted by Crippen LogP contribution is 2.27. The second kappa shape index (κ2) is 5.42. The molecule has 1 amide bonds. The summed E-state index contributed by atoms with van der Waals surface area (Å²) in [7, 11) is 0. The summed E-state index contributed by atoms with van der Waals surface area (Å²) in [6.07, 6.45) is 0.900. The van der Waals surface area contributed by atoms with Crippen LogP contribution in [-0.2, 0) is 0 Å². The number of fused-ring (bicyclic) bond motifs is 1. The Balaban J connectivity index is 2.46. The van der Waals surface area contributed by atoms with Crippen molar-refractivity contribution >= 4 is 34.0 Å². The highest BCUT2D eigenvalue weighted by Gasteiger charge is 2.13. The van der Waals surface area contributed by atoms with Crippen LogP contribution in [0.3, 0.4) is 0 Å². The fraction of sp³-hybridized carbons (Fsp3) is 0.231. The van der Waals surface area contributed by atoms with Gasteiger partial charge in [-0.25, -0.2) is 0 Å². The Hall–Kier alpha value is -1.85. The molecular weight excluding hydrogens is 266 g/mol. The van der Waals surface area contributed by atoms with Crippen molar-refractivity contribution in [3.63, 3.8) is 0 Å². The molecule has 0 saturated heterocycles. The number of carbonyl (C=O) groups excluding carboxylic acids is 1. The molecule has 0 aliphatic rings. The molecule has 6 heteroatoms. The number of nitrogens with two attached hydrogens (primary N) is 1. The number of hydrogen-bond donors (Lipinski definition) is 3. The standard InChI is InChI=1S/C13H14ClN3O2/c1-7(18)6-17-13(19)12-10-4-8(14)5-11(15)9(10)2-3-16-12/h2-5,7,18H,6,15H2,1H3,(H,17,19). The Morgan fingerprint density at radius 1 is 1.53 bits per heavy atom. The lowest BCUT2D eigenvalue weighted by atomic mass is 10.1. The number of aromatic nitrogens is 1. The van der Waals surface area contributed by atoms with Gasteiger partial charge in [-0.3, -0.25) is 9.78 Å². The van der Waals surface area contributed by atoms with Gasteiger partial charge in [-0.15, -0.1) is 0 Å². The average molecular weight is 280 g/mol. The Labute approximate surface area is 115 Å². The summed E-state index contributed by atoms with van der Waals surface area (Å²) in [5.41, 5.74) is 6.60. The Bertz CT molecular complexity index is 629. The van der Waals surface area contributed by atoms with E-state index in [2.05, 4.69) is 10.3 Å². The molecule has 2 aromatic rings. The number of nitrogens with one attached hydrogen (secondary N) is 1. The molecule has 0 aliphatic carbocycles. The SMILES string of the molecule is CC(O)CNC(=O)c1nccc2c(N)cc(Cl)cc12. The van der Waals surface area contributed by atoms with Gasteiger partial charge in [0.05, 0.1) is 6.10 Å². The van der Waals surface area contributed by atoms with Crippen LogP contribution in [0.15, 0.2) is 24.4 Å². The quantitative estimate of drug-likeness (QED) is 0.744. The average Bonchev–Trinajstić information content (AvgIpc) is 2.35. The van der Waals surface area contributed by atoms with Crippen LogP contribution in [0.2, 0.25) is 5.02 Å². The molecule has 5 nitrogen and oxygen atoms in total. The van der Waals surface area contributed by atoms with Crippen LogP contribution in [0.1, 0.15) is 17.4 Å². The third kappa shape index (κ3) is 2.94. The topological polar surface area (TPSA) is 88.2 Å². The van der Waals surface area contributed by atoms with Crippen molar-refractivity contribution in [3.05, 3.63) is 35.1 Å². The Morgan fingerprint density at radius 3 is 2.95 bits per heavy atom. The van der Waals surface area contributed by atoms with Crippen LogP contribution < -0.4 is 11.1 Å².